The lowest BCUT2D eigenvalue weighted by Gasteiger charge is -2.09. The molecule has 2 heterocycles. The summed E-state index contributed by atoms with van der Waals surface area (Å²) in [6.45, 7) is 0. The van der Waals surface area contributed by atoms with Gasteiger partial charge in [0.05, 0.1) is 5.52 Å². The van der Waals surface area contributed by atoms with Crippen LogP contribution in [0, 0.1) is 0 Å². The second-order valence-corrected chi connectivity index (χ2v) is 9.92. The molecule has 28 heavy (non-hydrogen) atoms. The number of pyridine rings is 1. The number of allylic oxidation sites excluding steroid dienone is 1. The number of fused-ring (bicyclic) bond motifs is 2. The van der Waals surface area contributed by atoms with Crippen molar-refractivity contribution in [2.24, 2.45) is 0 Å². The minimum atomic E-state index is -3.35. The van der Waals surface area contributed by atoms with Crippen molar-refractivity contribution in [3.8, 4) is 10.6 Å². The molecule has 5 nitrogen and oxygen atoms in total. The molecule has 138 valence electrons. The molecule has 4 aromatic rings. The van der Waals surface area contributed by atoms with Gasteiger partial charge in [-0.25, -0.2) is 8.42 Å². The van der Waals surface area contributed by atoms with Crippen LogP contribution in [0.25, 0.3) is 27.0 Å². The molecule has 0 saturated carbocycles. The van der Waals surface area contributed by atoms with Crippen molar-refractivity contribution in [1.82, 2.24) is 15.2 Å². The van der Waals surface area contributed by atoms with E-state index in [-0.39, 0.29) is 4.34 Å². The lowest BCUT2D eigenvalue weighted by Crippen LogP contribution is -1.95. The number of hydrogen-bond acceptors (Lipinski definition) is 6. The fourth-order valence-electron chi connectivity index (χ4n) is 3.43. The fourth-order valence-corrected chi connectivity index (χ4v) is 5.03. The number of para-hydroxylation sites is 1. The predicted octanol–water partition coefficient (Wildman–Crippen LogP) is 4.14. The lowest BCUT2D eigenvalue weighted by atomic mass is 9.97. The lowest BCUT2D eigenvalue weighted by molar-refractivity contribution is 0.600. The van der Waals surface area contributed by atoms with Crippen molar-refractivity contribution in [3.05, 3.63) is 77.5 Å². The van der Waals surface area contributed by atoms with Crippen molar-refractivity contribution in [1.29, 1.82) is 0 Å². The maximum absolute atomic E-state index is 11.7. The molecular weight excluding hydrogens is 390 g/mol. The molecule has 0 N–H and O–H groups in total. The zero-order valence-corrected chi connectivity index (χ0v) is 16.6. The molecule has 2 aromatic carbocycles. The molecule has 2 aromatic heterocycles. The summed E-state index contributed by atoms with van der Waals surface area (Å²) in [5, 5.41) is 9.61. The maximum Gasteiger partial charge on any atom is 0.232 e. The Hall–Kier alpha value is -2.90. The molecule has 0 radical (unpaired) electrons. The molecular formula is C21H15N3O2S2. The Kier molecular flexibility index (Phi) is 3.89. The summed E-state index contributed by atoms with van der Waals surface area (Å²) < 4.78 is 23.4. The second kappa shape index (κ2) is 6.32. The zero-order chi connectivity index (χ0) is 19.3. The molecule has 1 aliphatic carbocycles. The summed E-state index contributed by atoms with van der Waals surface area (Å²) in [4.78, 5) is 4.58. The Morgan fingerprint density at radius 1 is 1.00 bits per heavy atom. The first-order valence-electron chi connectivity index (χ1n) is 8.71. The third kappa shape index (κ3) is 2.93. The highest BCUT2D eigenvalue weighted by atomic mass is 32.2. The number of benzene rings is 2. The number of hydrogen-bond donors (Lipinski definition) is 0. The topological polar surface area (TPSA) is 72.8 Å². The van der Waals surface area contributed by atoms with Crippen LogP contribution >= 0.6 is 11.3 Å². The van der Waals surface area contributed by atoms with Crippen LogP contribution in [0.3, 0.4) is 0 Å². The van der Waals surface area contributed by atoms with E-state index in [9.17, 15) is 8.42 Å². The minimum absolute atomic E-state index is 0.0393. The second-order valence-electron chi connectivity index (χ2n) is 6.76. The van der Waals surface area contributed by atoms with Gasteiger partial charge in [0.25, 0.3) is 0 Å². The van der Waals surface area contributed by atoms with Gasteiger partial charge in [0.1, 0.15) is 5.01 Å². The molecule has 5 rings (SSSR count). The monoisotopic (exact) mass is 405 g/mol. The average Bonchev–Trinajstić information content (AvgIpc) is 3.34. The molecule has 0 aliphatic heterocycles. The molecule has 7 heteroatoms. The molecule has 1 aliphatic rings. The first kappa shape index (κ1) is 17.2. The van der Waals surface area contributed by atoms with Gasteiger partial charge in [-0.3, -0.25) is 4.98 Å². The number of nitrogens with zero attached hydrogens (tertiary/aromatic N) is 3. The Balaban J connectivity index is 1.57. The van der Waals surface area contributed by atoms with Crippen molar-refractivity contribution < 1.29 is 8.42 Å². The smallest absolute Gasteiger partial charge is 0.232 e. The standard InChI is InChI=1S/C21H15N3O2S2/c1-28(25,26)21-24-23-20(27-21)15-7-6-13-8-9-17(18(13)11-15)16-10-14-4-2-3-5-19(14)22-12-16/h2-7,9-12H,8H2,1H3. The molecule has 0 atom stereocenters. The Morgan fingerprint density at radius 3 is 2.68 bits per heavy atom. The summed E-state index contributed by atoms with van der Waals surface area (Å²) >= 11 is 1.10. The maximum atomic E-state index is 11.7. The highest BCUT2D eigenvalue weighted by Crippen LogP contribution is 2.37. The van der Waals surface area contributed by atoms with Gasteiger partial charge < -0.3 is 0 Å². The van der Waals surface area contributed by atoms with Crippen LogP contribution < -0.4 is 0 Å². The van der Waals surface area contributed by atoms with Crippen molar-refractivity contribution >= 4 is 37.7 Å². The first-order chi connectivity index (χ1) is 13.5. The summed E-state index contributed by atoms with van der Waals surface area (Å²) in [7, 11) is -3.35. The van der Waals surface area contributed by atoms with Gasteiger partial charge in [-0.05, 0) is 41.3 Å². The van der Waals surface area contributed by atoms with Gasteiger partial charge >= 0.3 is 0 Å². The van der Waals surface area contributed by atoms with Crippen LogP contribution in [-0.2, 0) is 16.3 Å². The molecule has 0 fully saturated rings. The van der Waals surface area contributed by atoms with Gasteiger partial charge in [-0.2, -0.15) is 0 Å². The van der Waals surface area contributed by atoms with E-state index in [0.717, 1.165) is 57.2 Å². The minimum Gasteiger partial charge on any atom is -0.256 e. The van der Waals surface area contributed by atoms with Crippen molar-refractivity contribution in [2.45, 2.75) is 10.8 Å². The number of aromatic nitrogens is 3. The largest absolute Gasteiger partial charge is 0.256 e. The highest BCUT2D eigenvalue weighted by molar-refractivity contribution is 7.92. The van der Waals surface area contributed by atoms with E-state index in [1.807, 2.05) is 30.5 Å². The van der Waals surface area contributed by atoms with Crippen LogP contribution in [0.4, 0.5) is 0 Å². The number of rotatable bonds is 3. The van der Waals surface area contributed by atoms with Gasteiger partial charge in [-0.15, -0.1) is 10.2 Å². The van der Waals surface area contributed by atoms with E-state index in [1.165, 1.54) is 5.56 Å². The van der Waals surface area contributed by atoms with E-state index >= 15 is 0 Å². The van der Waals surface area contributed by atoms with Crippen LogP contribution in [0.1, 0.15) is 16.7 Å². The van der Waals surface area contributed by atoms with Crippen molar-refractivity contribution in [2.75, 3.05) is 6.26 Å². The highest BCUT2D eigenvalue weighted by Gasteiger charge is 2.20. The van der Waals surface area contributed by atoms with Crippen LogP contribution in [0.15, 0.2) is 65.1 Å². The quantitative estimate of drug-likeness (QED) is 0.512. The summed E-state index contributed by atoms with van der Waals surface area (Å²) in [5.74, 6) is 0. The van der Waals surface area contributed by atoms with Gasteiger partial charge in [-0.1, -0.05) is 47.7 Å². The van der Waals surface area contributed by atoms with Gasteiger partial charge in [0, 0.05) is 29.0 Å². The Labute approximate surface area is 166 Å². The van der Waals surface area contributed by atoms with E-state index < -0.39 is 9.84 Å². The fraction of sp³-hybridized carbons (Fsp3) is 0.0952. The third-order valence-corrected chi connectivity index (χ3v) is 7.44. The normalized spacial score (nSPS) is 13.5. The SMILES string of the molecule is CS(=O)(=O)c1nnc(-c2ccc3c(c2)C(c2cnc4ccccc4c2)=CC3)s1. The molecule has 0 bridgehead atoms. The average molecular weight is 406 g/mol. The predicted molar refractivity (Wildman–Crippen MR) is 111 cm³/mol. The Morgan fingerprint density at radius 2 is 1.86 bits per heavy atom. The Bertz CT molecular complexity index is 1370. The molecule has 0 spiro atoms. The van der Waals surface area contributed by atoms with E-state index in [4.69, 9.17) is 0 Å². The van der Waals surface area contributed by atoms with Gasteiger partial charge in [0.15, 0.2) is 0 Å². The van der Waals surface area contributed by atoms with E-state index in [1.54, 1.807) is 0 Å². The van der Waals surface area contributed by atoms with Crippen molar-refractivity contribution in [3.63, 3.8) is 0 Å². The van der Waals surface area contributed by atoms with E-state index in [0.29, 0.717) is 5.01 Å². The first-order valence-corrected chi connectivity index (χ1v) is 11.4. The van der Waals surface area contributed by atoms with Gasteiger partial charge in [0.2, 0.25) is 14.2 Å². The van der Waals surface area contributed by atoms with Crippen LogP contribution in [-0.4, -0.2) is 29.9 Å². The number of sulfone groups is 1. The molecule has 0 unspecified atom stereocenters. The summed E-state index contributed by atoms with van der Waals surface area (Å²) in [6.07, 6.45) is 6.13. The molecule has 0 saturated heterocycles. The summed E-state index contributed by atoms with van der Waals surface area (Å²) in [6, 6.07) is 16.3. The molecule has 0 amide bonds. The zero-order valence-electron chi connectivity index (χ0n) is 15.0. The third-order valence-electron chi connectivity index (χ3n) is 4.80. The summed E-state index contributed by atoms with van der Waals surface area (Å²) in [5.41, 5.74) is 6.42. The van der Waals surface area contributed by atoms with Crippen LogP contribution in [0.2, 0.25) is 0 Å². The van der Waals surface area contributed by atoms with E-state index in [2.05, 4.69) is 45.5 Å². The van der Waals surface area contributed by atoms with Crippen LogP contribution in [0.5, 0.6) is 0 Å².